The first-order chi connectivity index (χ1) is 16.4. The molecule has 1 aliphatic heterocycles. The number of carbonyl (C=O) groups is 1. The second kappa shape index (κ2) is 10.3. The molecular formula is C25H27N5O4. The van der Waals surface area contributed by atoms with Crippen molar-refractivity contribution in [2.45, 2.75) is 26.2 Å². The van der Waals surface area contributed by atoms with E-state index in [1.165, 1.54) is 12.0 Å². The van der Waals surface area contributed by atoms with E-state index >= 15 is 0 Å². The Morgan fingerprint density at radius 2 is 1.97 bits per heavy atom. The van der Waals surface area contributed by atoms with E-state index in [0.29, 0.717) is 29.2 Å². The normalized spacial score (nSPS) is 22.8. The molecule has 1 fully saturated rings. The van der Waals surface area contributed by atoms with Crippen molar-refractivity contribution in [1.29, 1.82) is 21.2 Å². The molecular weight excluding hydrogens is 434 g/mol. The minimum atomic E-state index is -1.89. The number of carbonyl (C=O) groups excluding carboxylic acids is 1. The molecule has 0 bridgehead atoms. The van der Waals surface area contributed by atoms with Gasteiger partial charge in [0.2, 0.25) is 0 Å². The maximum absolute atomic E-state index is 12.5. The highest BCUT2D eigenvalue weighted by Crippen LogP contribution is 2.54. The number of fused-ring (bicyclic) bond motifs is 1. The van der Waals surface area contributed by atoms with E-state index in [9.17, 15) is 20.6 Å². The number of nitrogens with one attached hydrogen (secondary N) is 1. The van der Waals surface area contributed by atoms with E-state index in [4.69, 9.17) is 19.6 Å². The number of benzene rings is 1. The second-order valence-electron chi connectivity index (χ2n) is 8.16. The third-order valence-corrected chi connectivity index (χ3v) is 6.32. The van der Waals surface area contributed by atoms with Crippen LogP contribution in [0.15, 0.2) is 29.8 Å². The average Bonchev–Trinajstić information content (AvgIpc) is 2.86. The highest BCUT2D eigenvalue weighted by Gasteiger charge is 2.58. The van der Waals surface area contributed by atoms with Crippen LogP contribution in [0.3, 0.4) is 0 Å². The predicted octanol–water partition coefficient (Wildman–Crippen LogP) is 3.79. The summed E-state index contributed by atoms with van der Waals surface area (Å²) in [5.41, 5.74) is -0.907. The fourth-order valence-electron chi connectivity index (χ4n) is 4.76. The molecule has 0 unspecified atom stereocenters. The first-order valence-electron chi connectivity index (χ1n) is 11.2. The van der Waals surface area contributed by atoms with Crippen LogP contribution < -0.4 is 9.47 Å². The fourth-order valence-corrected chi connectivity index (χ4v) is 4.76. The van der Waals surface area contributed by atoms with E-state index in [1.54, 1.807) is 31.2 Å². The van der Waals surface area contributed by atoms with Gasteiger partial charge in [-0.1, -0.05) is 19.1 Å². The van der Waals surface area contributed by atoms with Crippen molar-refractivity contribution in [3.8, 4) is 29.7 Å². The highest BCUT2D eigenvalue weighted by molar-refractivity contribution is 6.01. The van der Waals surface area contributed by atoms with Gasteiger partial charge in [0.1, 0.15) is 5.92 Å². The number of methoxy groups -OCH3 is 1. The first-order valence-corrected chi connectivity index (χ1v) is 11.2. The third-order valence-electron chi connectivity index (χ3n) is 6.32. The fraction of sp³-hybridized carbons (Fsp3) is 0.480. The zero-order valence-electron chi connectivity index (χ0n) is 19.5. The summed E-state index contributed by atoms with van der Waals surface area (Å²) in [5.74, 6) is -1.39. The van der Waals surface area contributed by atoms with Crippen LogP contribution in [0.25, 0.3) is 0 Å². The molecule has 9 nitrogen and oxygen atoms in total. The molecule has 0 aromatic heterocycles. The first kappa shape index (κ1) is 24.6. The minimum absolute atomic E-state index is 0.155. The van der Waals surface area contributed by atoms with Gasteiger partial charge in [0.15, 0.2) is 16.9 Å². The van der Waals surface area contributed by atoms with Gasteiger partial charge in [-0.2, -0.15) is 15.8 Å². The molecule has 3 atom stereocenters. The minimum Gasteiger partial charge on any atom is -0.493 e. The van der Waals surface area contributed by atoms with Crippen LogP contribution in [-0.2, 0) is 4.74 Å². The van der Waals surface area contributed by atoms with Gasteiger partial charge in [0.05, 0.1) is 44.2 Å². The molecule has 1 aliphatic carbocycles. The lowest BCUT2D eigenvalue weighted by Gasteiger charge is -2.47. The highest BCUT2D eigenvalue weighted by atomic mass is 16.6. The van der Waals surface area contributed by atoms with Crippen molar-refractivity contribution in [2.75, 3.05) is 33.4 Å². The van der Waals surface area contributed by atoms with Crippen molar-refractivity contribution in [2.24, 2.45) is 17.3 Å². The van der Waals surface area contributed by atoms with Gasteiger partial charge in [-0.3, -0.25) is 0 Å². The Labute approximate surface area is 199 Å². The van der Waals surface area contributed by atoms with E-state index < -0.39 is 29.3 Å². The van der Waals surface area contributed by atoms with Crippen molar-refractivity contribution >= 4 is 11.8 Å². The summed E-state index contributed by atoms with van der Waals surface area (Å²) in [5, 5.41) is 39.0. The Kier molecular flexibility index (Phi) is 7.44. The number of rotatable bonds is 6. The summed E-state index contributed by atoms with van der Waals surface area (Å²) in [6.45, 7) is 4.79. The Balaban J connectivity index is 2.18. The van der Waals surface area contributed by atoms with Crippen molar-refractivity contribution in [3.63, 3.8) is 0 Å². The molecule has 34 heavy (non-hydrogen) atoms. The largest absolute Gasteiger partial charge is 0.493 e. The zero-order valence-corrected chi connectivity index (χ0v) is 19.5. The summed E-state index contributed by atoms with van der Waals surface area (Å²) in [7, 11) is 1.50. The predicted molar refractivity (Wildman–Crippen MR) is 122 cm³/mol. The van der Waals surface area contributed by atoms with Crippen LogP contribution >= 0.6 is 0 Å². The summed E-state index contributed by atoms with van der Waals surface area (Å²) < 4.78 is 16.4. The zero-order chi connectivity index (χ0) is 24.9. The Hall–Kier alpha value is -4.03. The lowest BCUT2D eigenvalue weighted by Crippen LogP contribution is -2.53. The number of nitrogens with zero attached hydrogens (tertiary/aromatic N) is 4. The molecule has 0 radical (unpaired) electrons. The molecule has 0 saturated heterocycles. The van der Waals surface area contributed by atoms with Gasteiger partial charge in [-0.05, 0) is 36.6 Å². The Bertz CT molecular complexity index is 1110. The summed E-state index contributed by atoms with van der Waals surface area (Å²) in [6, 6.07) is 11.4. The Morgan fingerprint density at radius 3 is 2.56 bits per heavy atom. The lowest BCUT2D eigenvalue weighted by atomic mass is 9.54. The number of hydrogen-bond donors (Lipinski definition) is 1. The van der Waals surface area contributed by atoms with Gasteiger partial charge in [-0.15, -0.1) is 0 Å². The molecule has 1 aromatic carbocycles. The van der Waals surface area contributed by atoms with Crippen LogP contribution in [0.1, 0.15) is 31.7 Å². The van der Waals surface area contributed by atoms with Gasteiger partial charge in [0, 0.05) is 24.9 Å². The molecule has 0 spiro atoms. The number of nitriles is 3. The van der Waals surface area contributed by atoms with E-state index in [2.05, 4.69) is 6.07 Å². The molecule has 1 saturated carbocycles. The molecule has 1 amide bonds. The van der Waals surface area contributed by atoms with Crippen LogP contribution in [0.5, 0.6) is 11.5 Å². The van der Waals surface area contributed by atoms with Crippen molar-refractivity contribution < 1.29 is 19.0 Å². The van der Waals surface area contributed by atoms with Gasteiger partial charge in [-0.25, -0.2) is 4.79 Å². The van der Waals surface area contributed by atoms with Crippen LogP contribution in [0.2, 0.25) is 0 Å². The topological polar surface area (TPSA) is 143 Å². The summed E-state index contributed by atoms with van der Waals surface area (Å²) in [4.78, 5) is 14.0. The summed E-state index contributed by atoms with van der Waals surface area (Å²) >= 11 is 0. The molecule has 3 rings (SSSR count). The average molecular weight is 462 g/mol. The Morgan fingerprint density at radius 1 is 1.24 bits per heavy atom. The molecule has 1 heterocycles. The maximum atomic E-state index is 12.5. The number of amides is 1. The van der Waals surface area contributed by atoms with Gasteiger partial charge < -0.3 is 24.5 Å². The van der Waals surface area contributed by atoms with Crippen LogP contribution in [-0.4, -0.2) is 50.1 Å². The molecule has 2 aliphatic rings. The van der Waals surface area contributed by atoms with E-state index in [1.807, 2.05) is 19.1 Å². The van der Waals surface area contributed by atoms with Gasteiger partial charge >= 0.3 is 6.09 Å². The molecule has 1 N–H and O–H groups in total. The van der Waals surface area contributed by atoms with Crippen molar-refractivity contribution in [1.82, 2.24) is 4.90 Å². The number of ether oxygens (including phenoxy) is 3. The number of hydrogen-bond acceptors (Lipinski definition) is 8. The smallest absolute Gasteiger partial charge is 0.410 e. The van der Waals surface area contributed by atoms with E-state index in [-0.39, 0.29) is 25.4 Å². The standard InChI is InChI=1S/C25H27N5O4/c1-4-10-34-20-7-6-16(11-21(20)32-3)22-19-13-30(24(31)33-5-2)9-8-17(19)18(12-26)23(29)25(22,14-27)15-28/h6-8,11,18-19,22,29H,4-5,9-10,13H2,1-3H3/t18-,19+,22+/m0/s1. The van der Waals surface area contributed by atoms with Crippen LogP contribution in [0.4, 0.5) is 4.79 Å². The van der Waals surface area contributed by atoms with Crippen LogP contribution in [0, 0.1) is 56.7 Å². The van der Waals surface area contributed by atoms with E-state index in [0.717, 1.165) is 6.42 Å². The SMILES string of the molecule is CCCOc1ccc([C@@H]2[C@@H]3CN(C(=O)OCC)CC=C3[C@H](C#N)C(=N)C2(C#N)C#N)cc1OC. The monoisotopic (exact) mass is 461 g/mol. The molecule has 176 valence electrons. The third kappa shape index (κ3) is 4.04. The second-order valence-corrected chi connectivity index (χ2v) is 8.16. The van der Waals surface area contributed by atoms with Gasteiger partial charge in [0.25, 0.3) is 0 Å². The van der Waals surface area contributed by atoms with Crippen molar-refractivity contribution in [3.05, 3.63) is 35.4 Å². The molecule has 1 aromatic rings. The quantitative estimate of drug-likeness (QED) is 0.635. The summed E-state index contributed by atoms with van der Waals surface area (Å²) in [6.07, 6.45) is 2.05. The molecule has 9 heteroatoms. The maximum Gasteiger partial charge on any atom is 0.410 e. The lowest BCUT2D eigenvalue weighted by molar-refractivity contribution is 0.0992.